The van der Waals surface area contributed by atoms with E-state index in [-0.39, 0.29) is 22.2 Å². The van der Waals surface area contributed by atoms with Gasteiger partial charge in [0, 0.05) is 24.2 Å². The molecule has 1 fully saturated rings. The Kier molecular flexibility index (Phi) is 6.09. The van der Waals surface area contributed by atoms with Crippen LogP contribution in [-0.4, -0.2) is 67.0 Å². The average Bonchev–Trinajstić information content (AvgIpc) is 2.80. The van der Waals surface area contributed by atoms with Gasteiger partial charge in [-0.05, 0) is 63.3 Å². The van der Waals surface area contributed by atoms with Crippen LogP contribution in [0.1, 0.15) is 23.3 Å². The zero-order valence-corrected chi connectivity index (χ0v) is 18.7. The standard InChI is InChI=1S/C22H25N5O4S/c1-26-13-11-16(12-14-26)27(2)32(30,31)17-9-7-15(8-10-17)23-22(29)20-18-5-3-4-6-19(18)21(28)25-24-20/h3-10,16H,11-14H2,1-2H3,(H,23,29)(H,25,28). The normalized spacial score (nSPS) is 15.8. The van der Waals surface area contributed by atoms with Crippen molar-refractivity contribution in [2.75, 3.05) is 32.5 Å². The van der Waals surface area contributed by atoms with Crippen LogP contribution in [0.4, 0.5) is 5.69 Å². The molecule has 0 saturated carbocycles. The molecule has 9 nitrogen and oxygen atoms in total. The van der Waals surface area contributed by atoms with Gasteiger partial charge in [-0.2, -0.15) is 9.40 Å². The number of rotatable bonds is 5. The number of nitrogens with one attached hydrogen (secondary N) is 2. The summed E-state index contributed by atoms with van der Waals surface area (Å²) in [6.45, 7) is 1.73. The van der Waals surface area contributed by atoms with Gasteiger partial charge in [0.1, 0.15) is 0 Å². The average molecular weight is 456 g/mol. The van der Waals surface area contributed by atoms with Crippen molar-refractivity contribution in [2.45, 2.75) is 23.8 Å². The lowest BCUT2D eigenvalue weighted by molar-refractivity contribution is 0.102. The second-order valence-corrected chi connectivity index (χ2v) is 9.98. The molecule has 1 aromatic heterocycles. The van der Waals surface area contributed by atoms with Crippen LogP contribution in [-0.2, 0) is 10.0 Å². The van der Waals surface area contributed by atoms with Crippen molar-refractivity contribution in [1.82, 2.24) is 19.4 Å². The van der Waals surface area contributed by atoms with Crippen molar-refractivity contribution < 1.29 is 13.2 Å². The van der Waals surface area contributed by atoms with Gasteiger partial charge in [0.2, 0.25) is 10.0 Å². The van der Waals surface area contributed by atoms with Crippen LogP contribution in [0.25, 0.3) is 10.8 Å². The predicted octanol–water partition coefficient (Wildman–Crippen LogP) is 1.89. The van der Waals surface area contributed by atoms with E-state index >= 15 is 0 Å². The van der Waals surface area contributed by atoms with Gasteiger partial charge in [-0.1, -0.05) is 18.2 Å². The lowest BCUT2D eigenvalue weighted by Crippen LogP contribution is -2.44. The first kappa shape index (κ1) is 22.1. The molecule has 0 atom stereocenters. The van der Waals surface area contributed by atoms with Crippen LogP contribution in [0.2, 0.25) is 0 Å². The van der Waals surface area contributed by atoms with Gasteiger partial charge in [0.05, 0.1) is 10.3 Å². The molecule has 0 spiro atoms. The number of anilines is 1. The highest BCUT2D eigenvalue weighted by Crippen LogP contribution is 2.24. The summed E-state index contributed by atoms with van der Waals surface area (Å²) in [7, 11) is 0.0129. The molecule has 32 heavy (non-hydrogen) atoms. The number of piperidine rings is 1. The second-order valence-electron chi connectivity index (χ2n) is 7.98. The number of benzene rings is 2. The van der Waals surface area contributed by atoms with Crippen molar-refractivity contribution >= 4 is 32.4 Å². The maximum absolute atomic E-state index is 13.0. The largest absolute Gasteiger partial charge is 0.321 e. The highest BCUT2D eigenvalue weighted by Gasteiger charge is 2.30. The Morgan fingerprint density at radius 2 is 1.72 bits per heavy atom. The van der Waals surface area contributed by atoms with E-state index in [1.165, 1.54) is 16.4 Å². The van der Waals surface area contributed by atoms with E-state index in [2.05, 4.69) is 20.4 Å². The predicted molar refractivity (Wildman–Crippen MR) is 122 cm³/mol. The van der Waals surface area contributed by atoms with Crippen molar-refractivity contribution in [3.8, 4) is 0 Å². The third kappa shape index (κ3) is 4.29. The van der Waals surface area contributed by atoms with E-state index in [0.717, 1.165) is 25.9 Å². The summed E-state index contributed by atoms with van der Waals surface area (Å²) in [5, 5.41) is 9.73. The SMILES string of the molecule is CN1CCC(N(C)S(=O)(=O)c2ccc(NC(=O)c3n[nH]c(=O)c4ccccc34)cc2)CC1. The number of hydrogen-bond donors (Lipinski definition) is 2. The van der Waals surface area contributed by atoms with Gasteiger partial charge in [-0.15, -0.1) is 0 Å². The Morgan fingerprint density at radius 1 is 1.09 bits per heavy atom. The molecule has 1 amide bonds. The molecular weight excluding hydrogens is 430 g/mol. The summed E-state index contributed by atoms with van der Waals surface area (Å²) in [6.07, 6.45) is 1.58. The fraction of sp³-hybridized carbons (Fsp3) is 0.318. The van der Waals surface area contributed by atoms with E-state index in [1.54, 1.807) is 43.4 Å². The number of nitrogens with zero attached hydrogens (tertiary/aromatic N) is 3. The van der Waals surface area contributed by atoms with Crippen LogP contribution in [0.5, 0.6) is 0 Å². The van der Waals surface area contributed by atoms with Crippen molar-refractivity contribution in [1.29, 1.82) is 0 Å². The van der Waals surface area contributed by atoms with E-state index in [1.807, 2.05) is 7.05 Å². The monoisotopic (exact) mass is 455 g/mol. The fourth-order valence-corrected chi connectivity index (χ4v) is 5.33. The number of carbonyl (C=O) groups excluding carboxylic acids is 1. The van der Waals surface area contributed by atoms with Crippen molar-refractivity contribution in [3.05, 3.63) is 64.6 Å². The first-order chi connectivity index (χ1) is 15.3. The van der Waals surface area contributed by atoms with Gasteiger partial charge >= 0.3 is 0 Å². The van der Waals surface area contributed by atoms with Crippen molar-refractivity contribution in [3.63, 3.8) is 0 Å². The second kappa shape index (κ2) is 8.81. The number of aromatic nitrogens is 2. The maximum Gasteiger partial charge on any atom is 0.276 e. The molecule has 2 aromatic carbocycles. The number of carbonyl (C=O) groups is 1. The number of hydrogen-bond acceptors (Lipinski definition) is 6. The molecule has 4 rings (SSSR count). The van der Waals surface area contributed by atoms with Gasteiger partial charge in [0.25, 0.3) is 11.5 Å². The number of amides is 1. The van der Waals surface area contributed by atoms with Crippen LogP contribution >= 0.6 is 0 Å². The smallest absolute Gasteiger partial charge is 0.276 e. The number of H-pyrrole nitrogens is 1. The van der Waals surface area contributed by atoms with E-state index in [4.69, 9.17) is 0 Å². The highest BCUT2D eigenvalue weighted by molar-refractivity contribution is 7.89. The van der Waals surface area contributed by atoms with Gasteiger partial charge in [-0.25, -0.2) is 13.5 Å². The lowest BCUT2D eigenvalue weighted by atomic mass is 10.1. The molecule has 0 aliphatic carbocycles. The summed E-state index contributed by atoms with van der Waals surface area (Å²) < 4.78 is 27.5. The Balaban J connectivity index is 1.51. The van der Waals surface area contributed by atoms with E-state index < -0.39 is 15.9 Å². The third-order valence-corrected chi connectivity index (χ3v) is 7.83. The molecule has 1 aliphatic rings. The molecule has 0 radical (unpaired) electrons. The van der Waals surface area contributed by atoms with Crippen molar-refractivity contribution in [2.24, 2.45) is 0 Å². The molecular formula is C22H25N5O4S. The molecule has 2 heterocycles. The summed E-state index contributed by atoms with van der Waals surface area (Å²) in [6, 6.07) is 12.7. The minimum Gasteiger partial charge on any atom is -0.321 e. The van der Waals surface area contributed by atoms with Crippen LogP contribution in [0.15, 0.2) is 58.2 Å². The quantitative estimate of drug-likeness (QED) is 0.607. The first-order valence-corrected chi connectivity index (χ1v) is 11.8. The summed E-state index contributed by atoms with van der Waals surface area (Å²) in [4.78, 5) is 27.0. The highest BCUT2D eigenvalue weighted by atomic mass is 32.2. The summed E-state index contributed by atoms with van der Waals surface area (Å²) in [5.74, 6) is -0.503. The first-order valence-electron chi connectivity index (χ1n) is 10.3. The van der Waals surface area contributed by atoms with Gasteiger partial charge in [-0.3, -0.25) is 9.59 Å². The molecule has 0 unspecified atom stereocenters. The zero-order chi connectivity index (χ0) is 22.9. The van der Waals surface area contributed by atoms with Gasteiger partial charge < -0.3 is 10.2 Å². The maximum atomic E-state index is 13.0. The topological polar surface area (TPSA) is 115 Å². The Morgan fingerprint density at radius 3 is 2.38 bits per heavy atom. The third-order valence-electron chi connectivity index (χ3n) is 5.90. The molecule has 3 aromatic rings. The Labute approximate surface area is 186 Å². The van der Waals surface area contributed by atoms with Crippen LogP contribution < -0.4 is 10.9 Å². The van der Waals surface area contributed by atoms with Crippen LogP contribution in [0.3, 0.4) is 0 Å². The molecule has 2 N–H and O–H groups in total. The molecule has 1 aliphatic heterocycles. The zero-order valence-electron chi connectivity index (χ0n) is 17.9. The Bertz CT molecular complexity index is 1300. The minimum atomic E-state index is -3.64. The molecule has 10 heteroatoms. The lowest BCUT2D eigenvalue weighted by Gasteiger charge is -2.34. The molecule has 168 valence electrons. The molecule has 0 bridgehead atoms. The number of fused-ring (bicyclic) bond motifs is 1. The fourth-order valence-electron chi connectivity index (χ4n) is 3.91. The number of likely N-dealkylation sites (tertiary alicyclic amines) is 1. The number of sulfonamides is 1. The Hall–Kier alpha value is -3.08. The van der Waals surface area contributed by atoms with E-state index in [9.17, 15) is 18.0 Å². The summed E-state index contributed by atoms with van der Waals surface area (Å²) >= 11 is 0. The molecule has 1 saturated heterocycles. The summed E-state index contributed by atoms with van der Waals surface area (Å²) in [5.41, 5.74) is 0.132. The van der Waals surface area contributed by atoms with E-state index in [0.29, 0.717) is 16.5 Å². The van der Waals surface area contributed by atoms with Gasteiger partial charge in [0.15, 0.2) is 5.69 Å². The minimum absolute atomic E-state index is 0.0322. The number of aromatic amines is 1. The van der Waals surface area contributed by atoms with Crippen LogP contribution in [0, 0.1) is 0 Å².